The number of hydrogen-bond donors (Lipinski definition) is 0. The fourth-order valence-corrected chi connectivity index (χ4v) is 2.61. The molecule has 2 rings (SSSR count). The maximum Gasteiger partial charge on any atom is 1.00 e. The molecule has 0 aliphatic rings. The Labute approximate surface area is 133 Å². The molecule has 0 aliphatic carbocycles. The van der Waals surface area contributed by atoms with Gasteiger partial charge < -0.3 is 4.55 Å². The minimum atomic E-state index is -4.35. The first-order valence-electron chi connectivity index (χ1n) is 4.84. The van der Waals surface area contributed by atoms with Crippen molar-refractivity contribution in [2.45, 2.75) is 14.7 Å². The molecule has 0 saturated carbocycles. The van der Waals surface area contributed by atoms with Gasteiger partial charge in [-0.05, 0) is 36.4 Å². The average Bonchev–Trinajstić information content (AvgIpc) is 2.30. The van der Waals surface area contributed by atoms with Crippen molar-refractivity contribution in [2.75, 3.05) is 0 Å². The van der Waals surface area contributed by atoms with Crippen LogP contribution in [-0.4, -0.2) is 13.0 Å². The molecule has 2 aromatic carbocycles. The van der Waals surface area contributed by atoms with Gasteiger partial charge in [-0.25, -0.2) is 8.42 Å². The van der Waals surface area contributed by atoms with Crippen LogP contribution in [0, 0.1) is 0 Å². The third-order valence-corrected chi connectivity index (χ3v) is 3.96. The van der Waals surface area contributed by atoms with Crippen molar-refractivity contribution >= 4 is 21.9 Å². The van der Waals surface area contributed by atoms with Crippen LogP contribution in [0.5, 0.6) is 0 Å². The van der Waals surface area contributed by atoms with Gasteiger partial charge in [-0.15, -0.1) is 0 Å². The molecule has 0 radical (unpaired) electrons. The second-order valence-electron chi connectivity index (χ2n) is 3.34. The minimum Gasteiger partial charge on any atom is -0.744 e. The molecular formula is C12H9NaO3S2. The van der Waals surface area contributed by atoms with Gasteiger partial charge in [0.1, 0.15) is 10.1 Å². The molecule has 0 aromatic heterocycles. The average molecular weight is 288 g/mol. The first kappa shape index (κ1) is 15.8. The molecule has 18 heavy (non-hydrogen) atoms. The van der Waals surface area contributed by atoms with E-state index in [4.69, 9.17) is 0 Å². The van der Waals surface area contributed by atoms with Crippen LogP contribution in [0.15, 0.2) is 69.3 Å². The van der Waals surface area contributed by atoms with E-state index in [9.17, 15) is 13.0 Å². The van der Waals surface area contributed by atoms with Gasteiger partial charge in [0, 0.05) is 9.79 Å². The second kappa shape index (κ2) is 6.75. The molecule has 0 saturated heterocycles. The Morgan fingerprint density at radius 1 is 0.833 bits per heavy atom. The summed E-state index contributed by atoms with van der Waals surface area (Å²) in [6.07, 6.45) is 0. The Morgan fingerprint density at radius 2 is 1.33 bits per heavy atom. The van der Waals surface area contributed by atoms with E-state index in [-0.39, 0.29) is 34.5 Å². The van der Waals surface area contributed by atoms with Crippen molar-refractivity contribution in [2.24, 2.45) is 0 Å². The van der Waals surface area contributed by atoms with E-state index >= 15 is 0 Å². The van der Waals surface area contributed by atoms with E-state index in [2.05, 4.69) is 0 Å². The van der Waals surface area contributed by atoms with Crippen molar-refractivity contribution in [3.05, 3.63) is 54.6 Å². The smallest absolute Gasteiger partial charge is 0.744 e. The maximum absolute atomic E-state index is 10.7. The van der Waals surface area contributed by atoms with Crippen molar-refractivity contribution in [3.63, 3.8) is 0 Å². The maximum atomic E-state index is 10.7. The molecule has 2 aromatic rings. The molecule has 0 bridgehead atoms. The molecule has 0 unspecified atom stereocenters. The first-order valence-corrected chi connectivity index (χ1v) is 7.07. The zero-order valence-corrected chi connectivity index (χ0v) is 13.4. The molecule has 0 N–H and O–H groups in total. The normalized spacial score (nSPS) is 10.7. The van der Waals surface area contributed by atoms with Crippen molar-refractivity contribution in [1.29, 1.82) is 0 Å². The van der Waals surface area contributed by atoms with E-state index in [1.54, 1.807) is 12.1 Å². The molecule has 0 spiro atoms. The summed E-state index contributed by atoms with van der Waals surface area (Å²) in [6, 6.07) is 15.6. The Morgan fingerprint density at radius 3 is 1.83 bits per heavy atom. The summed E-state index contributed by atoms with van der Waals surface area (Å²) in [5.41, 5.74) is 0. The topological polar surface area (TPSA) is 57.2 Å². The Balaban J connectivity index is 0.00000162. The van der Waals surface area contributed by atoms with E-state index in [1.807, 2.05) is 30.3 Å². The summed E-state index contributed by atoms with van der Waals surface area (Å²) in [6.45, 7) is 0. The molecular weight excluding hydrogens is 279 g/mol. The molecule has 6 heteroatoms. The Kier molecular flexibility index (Phi) is 5.91. The van der Waals surface area contributed by atoms with Gasteiger partial charge in [-0.1, -0.05) is 30.0 Å². The Hall–Kier alpha value is -0.300. The van der Waals surface area contributed by atoms with Crippen LogP contribution >= 0.6 is 11.8 Å². The van der Waals surface area contributed by atoms with Crippen molar-refractivity contribution < 1.29 is 42.5 Å². The molecule has 0 aliphatic heterocycles. The molecule has 0 amide bonds. The predicted octanol–water partition coefficient (Wildman–Crippen LogP) is -0.254. The monoisotopic (exact) mass is 288 g/mol. The van der Waals surface area contributed by atoms with Gasteiger partial charge in [0.2, 0.25) is 0 Å². The Bertz CT molecular complexity index is 595. The summed E-state index contributed by atoms with van der Waals surface area (Å²) in [5, 5.41) is 0. The van der Waals surface area contributed by atoms with E-state index < -0.39 is 10.1 Å². The van der Waals surface area contributed by atoms with Crippen LogP contribution in [-0.2, 0) is 10.1 Å². The SMILES string of the molecule is O=S(=O)([O-])c1ccc(Sc2ccccc2)cc1.[Na+]. The molecule has 0 atom stereocenters. The first-order chi connectivity index (χ1) is 8.05. The van der Waals surface area contributed by atoms with Gasteiger partial charge in [0.25, 0.3) is 0 Å². The number of rotatable bonds is 3. The van der Waals surface area contributed by atoms with Crippen LogP contribution in [0.4, 0.5) is 0 Å². The van der Waals surface area contributed by atoms with Gasteiger partial charge in [0.15, 0.2) is 0 Å². The van der Waals surface area contributed by atoms with E-state index in [0.717, 1.165) is 9.79 Å². The zero-order valence-electron chi connectivity index (χ0n) is 9.74. The second-order valence-corrected chi connectivity index (χ2v) is 5.87. The summed E-state index contributed by atoms with van der Waals surface area (Å²) < 4.78 is 32.2. The molecule has 88 valence electrons. The summed E-state index contributed by atoms with van der Waals surface area (Å²) in [7, 11) is -4.35. The fourth-order valence-electron chi connectivity index (χ4n) is 1.30. The predicted molar refractivity (Wildman–Crippen MR) is 65.0 cm³/mol. The van der Waals surface area contributed by atoms with Gasteiger partial charge in [-0.2, -0.15) is 0 Å². The summed E-state index contributed by atoms with van der Waals surface area (Å²) in [4.78, 5) is 1.75. The quantitative estimate of drug-likeness (QED) is 0.577. The standard InChI is InChI=1S/C12H10O3S2.Na/c13-17(14,15)12-8-6-11(7-9-12)16-10-4-2-1-3-5-10;/h1-9H,(H,13,14,15);/q;+1/p-1. The van der Waals surface area contributed by atoms with Gasteiger partial charge in [0.05, 0.1) is 4.90 Å². The summed E-state index contributed by atoms with van der Waals surface area (Å²) in [5.74, 6) is 0. The van der Waals surface area contributed by atoms with Crippen molar-refractivity contribution in [1.82, 2.24) is 0 Å². The fraction of sp³-hybridized carbons (Fsp3) is 0. The van der Waals surface area contributed by atoms with E-state index in [0.29, 0.717) is 0 Å². The third kappa shape index (κ3) is 4.42. The van der Waals surface area contributed by atoms with Gasteiger partial charge >= 0.3 is 29.6 Å². The van der Waals surface area contributed by atoms with Crippen LogP contribution in [0.1, 0.15) is 0 Å². The number of hydrogen-bond acceptors (Lipinski definition) is 4. The van der Waals surface area contributed by atoms with Gasteiger partial charge in [-0.3, -0.25) is 0 Å². The molecule has 0 heterocycles. The van der Waals surface area contributed by atoms with Crippen molar-refractivity contribution in [3.8, 4) is 0 Å². The zero-order chi connectivity index (χ0) is 12.3. The van der Waals surface area contributed by atoms with Crippen LogP contribution in [0.2, 0.25) is 0 Å². The van der Waals surface area contributed by atoms with E-state index in [1.165, 1.54) is 23.9 Å². The third-order valence-electron chi connectivity index (χ3n) is 2.09. The van der Waals surface area contributed by atoms with Crippen LogP contribution in [0.25, 0.3) is 0 Å². The van der Waals surface area contributed by atoms with Crippen LogP contribution < -0.4 is 29.6 Å². The molecule has 3 nitrogen and oxygen atoms in total. The minimum absolute atomic E-state index is 0. The molecule has 0 fully saturated rings. The summed E-state index contributed by atoms with van der Waals surface area (Å²) >= 11 is 1.51. The number of benzene rings is 2. The largest absolute Gasteiger partial charge is 1.00 e. The van der Waals surface area contributed by atoms with Crippen LogP contribution in [0.3, 0.4) is 0 Å².